The SMILES string of the molecule is COc1cc(C(=O)NC(C(=O)O)c2ccc(C)c(C)c2)ccc1C. The minimum absolute atomic E-state index is 0.354. The number of nitrogens with one attached hydrogen (secondary N) is 1. The van der Waals surface area contributed by atoms with Gasteiger partial charge in [0.1, 0.15) is 5.75 Å². The Bertz CT molecular complexity index is 783. The van der Waals surface area contributed by atoms with E-state index in [1.165, 1.54) is 7.11 Å². The van der Waals surface area contributed by atoms with Gasteiger partial charge >= 0.3 is 5.97 Å². The number of carbonyl (C=O) groups is 2. The van der Waals surface area contributed by atoms with Crippen molar-refractivity contribution in [1.29, 1.82) is 0 Å². The fourth-order valence-corrected chi connectivity index (χ4v) is 2.41. The van der Waals surface area contributed by atoms with Gasteiger partial charge in [0.15, 0.2) is 6.04 Å². The highest BCUT2D eigenvalue weighted by atomic mass is 16.5. The molecule has 5 heteroatoms. The number of methoxy groups -OCH3 is 1. The average Bonchev–Trinajstić information content (AvgIpc) is 2.55. The van der Waals surface area contributed by atoms with Gasteiger partial charge in [-0.25, -0.2) is 4.79 Å². The summed E-state index contributed by atoms with van der Waals surface area (Å²) in [4.78, 5) is 24.0. The molecular weight excluding hydrogens is 306 g/mol. The Labute approximate surface area is 141 Å². The van der Waals surface area contributed by atoms with E-state index in [0.29, 0.717) is 16.9 Å². The van der Waals surface area contributed by atoms with E-state index in [-0.39, 0.29) is 0 Å². The number of carboxylic acids is 1. The lowest BCUT2D eigenvalue weighted by atomic mass is 10.0. The molecule has 0 heterocycles. The van der Waals surface area contributed by atoms with Crippen molar-refractivity contribution in [2.75, 3.05) is 7.11 Å². The van der Waals surface area contributed by atoms with Crippen molar-refractivity contribution in [1.82, 2.24) is 5.32 Å². The largest absolute Gasteiger partial charge is 0.496 e. The van der Waals surface area contributed by atoms with Crippen LogP contribution in [0.3, 0.4) is 0 Å². The first-order chi connectivity index (χ1) is 11.3. The number of amides is 1. The summed E-state index contributed by atoms with van der Waals surface area (Å²) >= 11 is 0. The topological polar surface area (TPSA) is 75.6 Å². The molecule has 0 fully saturated rings. The summed E-state index contributed by atoms with van der Waals surface area (Å²) in [6.07, 6.45) is 0. The van der Waals surface area contributed by atoms with E-state index in [1.807, 2.05) is 26.8 Å². The van der Waals surface area contributed by atoms with E-state index in [2.05, 4.69) is 5.32 Å². The zero-order chi connectivity index (χ0) is 17.9. The third-order valence-corrected chi connectivity index (χ3v) is 4.06. The van der Waals surface area contributed by atoms with Gasteiger partial charge in [-0.1, -0.05) is 24.3 Å². The Hall–Kier alpha value is -2.82. The van der Waals surface area contributed by atoms with Crippen LogP contribution in [0.5, 0.6) is 5.75 Å². The van der Waals surface area contributed by atoms with Crippen LogP contribution in [0, 0.1) is 20.8 Å². The number of aliphatic carboxylic acids is 1. The number of carboxylic acid groups (broad SMARTS) is 1. The first-order valence-corrected chi connectivity index (χ1v) is 7.59. The maximum absolute atomic E-state index is 12.4. The van der Waals surface area contributed by atoms with Crippen molar-refractivity contribution < 1.29 is 19.4 Å². The van der Waals surface area contributed by atoms with Crippen LogP contribution >= 0.6 is 0 Å². The Morgan fingerprint density at radius 1 is 1.00 bits per heavy atom. The summed E-state index contributed by atoms with van der Waals surface area (Å²) in [6.45, 7) is 5.73. The monoisotopic (exact) mass is 327 g/mol. The highest BCUT2D eigenvalue weighted by Crippen LogP contribution is 2.21. The molecule has 0 saturated heterocycles. The second-order valence-corrected chi connectivity index (χ2v) is 5.77. The lowest BCUT2D eigenvalue weighted by Crippen LogP contribution is -2.33. The van der Waals surface area contributed by atoms with Gasteiger partial charge in [0.2, 0.25) is 0 Å². The molecule has 2 aromatic rings. The maximum Gasteiger partial charge on any atom is 0.330 e. The van der Waals surface area contributed by atoms with Gasteiger partial charge in [-0.3, -0.25) is 4.79 Å². The van der Waals surface area contributed by atoms with Gasteiger partial charge in [0.05, 0.1) is 7.11 Å². The Morgan fingerprint density at radius 3 is 2.25 bits per heavy atom. The third-order valence-electron chi connectivity index (χ3n) is 4.06. The van der Waals surface area contributed by atoms with E-state index in [0.717, 1.165) is 16.7 Å². The maximum atomic E-state index is 12.4. The Morgan fingerprint density at radius 2 is 1.67 bits per heavy atom. The highest BCUT2D eigenvalue weighted by Gasteiger charge is 2.23. The van der Waals surface area contributed by atoms with Crippen molar-refractivity contribution in [3.05, 3.63) is 64.2 Å². The lowest BCUT2D eigenvalue weighted by Gasteiger charge is -2.17. The number of carbonyl (C=O) groups excluding carboxylic acids is 1. The molecule has 0 spiro atoms. The Kier molecular flexibility index (Phi) is 5.24. The van der Waals surface area contributed by atoms with Crippen LogP contribution in [0.15, 0.2) is 36.4 Å². The van der Waals surface area contributed by atoms with Crippen LogP contribution in [0.25, 0.3) is 0 Å². The summed E-state index contributed by atoms with van der Waals surface area (Å²) in [5.41, 5.74) is 3.84. The van der Waals surface area contributed by atoms with Gasteiger partial charge in [-0.05, 0) is 55.2 Å². The van der Waals surface area contributed by atoms with Crippen molar-refractivity contribution >= 4 is 11.9 Å². The van der Waals surface area contributed by atoms with Gasteiger partial charge in [-0.2, -0.15) is 0 Å². The molecule has 1 amide bonds. The van der Waals surface area contributed by atoms with Gasteiger partial charge in [0, 0.05) is 5.56 Å². The normalized spacial score (nSPS) is 11.7. The van der Waals surface area contributed by atoms with Gasteiger partial charge in [0.25, 0.3) is 5.91 Å². The van der Waals surface area contributed by atoms with Crippen LogP contribution in [0.1, 0.15) is 38.7 Å². The van der Waals surface area contributed by atoms with Crippen LogP contribution in [-0.2, 0) is 4.79 Å². The molecule has 2 N–H and O–H groups in total. The average molecular weight is 327 g/mol. The zero-order valence-electron chi connectivity index (χ0n) is 14.2. The molecule has 0 radical (unpaired) electrons. The fraction of sp³-hybridized carbons (Fsp3) is 0.263. The molecule has 0 bridgehead atoms. The first kappa shape index (κ1) is 17.5. The van der Waals surface area contributed by atoms with E-state index in [4.69, 9.17) is 4.74 Å². The minimum Gasteiger partial charge on any atom is -0.496 e. The van der Waals surface area contributed by atoms with Gasteiger partial charge in [-0.15, -0.1) is 0 Å². The second-order valence-electron chi connectivity index (χ2n) is 5.77. The molecule has 2 rings (SSSR count). The summed E-state index contributed by atoms with van der Waals surface area (Å²) in [6, 6.07) is 9.25. The predicted molar refractivity (Wildman–Crippen MR) is 91.5 cm³/mol. The van der Waals surface area contributed by atoms with Crippen LogP contribution in [0.4, 0.5) is 0 Å². The van der Waals surface area contributed by atoms with Gasteiger partial charge < -0.3 is 15.2 Å². The number of hydrogen-bond acceptors (Lipinski definition) is 3. The van der Waals surface area contributed by atoms with Crippen LogP contribution in [0.2, 0.25) is 0 Å². The van der Waals surface area contributed by atoms with Crippen LogP contribution < -0.4 is 10.1 Å². The molecule has 0 saturated carbocycles. The third kappa shape index (κ3) is 3.74. The fourth-order valence-electron chi connectivity index (χ4n) is 2.41. The smallest absolute Gasteiger partial charge is 0.330 e. The Balaban J connectivity index is 2.29. The summed E-state index contributed by atoms with van der Waals surface area (Å²) in [7, 11) is 1.53. The van der Waals surface area contributed by atoms with E-state index < -0.39 is 17.9 Å². The number of benzene rings is 2. The molecule has 24 heavy (non-hydrogen) atoms. The van der Waals surface area contributed by atoms with Crippen LogP contribution in [-0.4, -0.2) is 24.1 Å². The van der Waals surface area contributed by atoms with Crippen molar-refractivity contribution in [3.63, 3.8) is 0 Å². The molecular formula is C19H21NO4. The molecule has 2 aromatic carbocycles. The summed E-state index contributed by atoms with van der Waals surface area (Å²) < 4.78 is 5.21. The second kappa shape index (κ2) is 7.17. The van der Waals surface area contributed by atoms with Crippen molar-refractivity contribution in [3.8, 4) is 5.75 Å². The molecule has 1 unspecified atom stereocenters. The van der Waals surface area contributed by atoms with Crippen molar-refractivity contribution in [2.24, 2.45) is 0 Å². The molecule has 1 atom stereocenters. The quantitative estimate of drug-likeness (QED) is 0.884. The number of hydrogen-bond donors (Lipinski definition) is 2. The van der Waals surface area contributed by atoms with E-state index >= 15 is 0 Å². The number of ether oxygens (including phenoxy) is 1. The number of aryl methyl sites for hydroxylation is 3. The molecule has 0 aromatic heterocycles. The molecule has 126 valence electrons. The van der Waals surface area contributed by atoms with Crippen molar-refractivity contribution in [2.45, 2.75) is 26.8 Å². The molecule has 0 aliphatic carbocycles. The minimum atomic E-state index is -1.11. The standard InChI is InChI=1S/C19H21NO4/c1-11-5-7-14(9-13(11)3)17(19(22)23)20-18(21)15-8-6-12(2)16(10-15)24-4/h5-10,17H,1-4H3,(H,20,21)(H,22,23). The first-order valence-electron chi connectivity index (χ1n) is 7.59. The predicted octanol–water partition coefficient (Wildman–Crippen LogP) is 3.18. The van der Waals surface area contributed by atoms with E-state index in [9.17, 15) is 14.7 Å². The zero-order valence-corrected chi connectivity index (χ0v) is 14.2. The molecule has 5 nitrogen and oxygen atoms in total. The highest BCUT2D eigenvalue weighted by molar-refractivity contribution is 5.97. The van der Waals surface area contributed by atoms with E-state index in [1.54, 1.807) is 30.3 Å². The lowest BCUT2D eigenvalue weighted by molar-refractivity contribution is -0.139. The summed E-state index contributed by atoms with van der Waals surface area (Å²) in [5, 5.41) is 12.1. The number of rotatable bonds is 5. The summed E-state index contributed by atoms with van der Waals surface area (Å²) in [5.74, 6) is -0.981. The molecule has 0 aliphatic rings. The molecule has 0 aliphatic heterocycles.